The minimum absolute atomic E-state index is 0.00314. The number of fused-ring (bicyclic) bond motifs is 1. The van der Waals surface area contributed by atoms with E-state index in [-0.39, 0.29) is 23.9 Å². The van der Waals surface area contributed by atoms with Crippen molar-refractivity contribution in [3.8, 4) is 0 Å². The summed E-state index contributed by atoms with van der Waals surface area (Å²) in [6.45, 7) is 5.61. The standard InChI is InChI=1S/C22H33N3O2/c1-16-11-12-18(15-17(16)2)24-22(27)25-14-8-4-3-7-13-23-21(26)19-9-5-6-10-20(19)25/h11-12,15,19-20H,3-10,13-14H2,1-2H3,(H,23,26)(H,24,27)/t19-,20+/m1/s1. The monoisotopic (exact) mass is 371 g/mol. The van der Waals surface area contributed by atoms with Crippen molar-refractivity contribution in [3.63, 3.8) is 0 Å². The van der Waals surface area contributed by atoms with Gasteiger partial charge in [-0.1, -0.05) is 31.7 Å². The normalized spacial score (nSPS) is 24.4. The second-order valence-electron chi connectivity index (χ2n) is 8.09. The lowest BCUT2D eigenvalue weighted by molar-refractivity contribution is -0.127. The Bertz CT molecular complexity index is 674. The van der Waals surface area contributed by atoms with Gasteiger partial charge in [0.25, 0.3) is 0 Å². The van der Waals surface area contributed by atoms with Crippen LogP contribution in [-0.4, -0.2) is 36.0 Å². The zero-order chi connectivity index (χ0) is 19.2. The van der Waals surface area contributed by atoms with Gasteiger partial charge in [0.05, 0.1) is 5.92 Å². The van der Waals surface area contributed by atoms with Gasteiger partial charge in [0.1, 0.15) is 0 Å². The molecule has 3 amide bonds. The number of amides is 3. The van der Waals surface area contributed by atoms with Crippen LogP contribution in [0.5, 0.6) is 0 Å². The SMILES string of the molecule is Cc1ccc(NC(=O)N2CCCCCCNC(=O)[C@@H]3CCCC[C@@H]32)cc1C. The van der Waals surface area contributed by atoms with Crippen molar-refractivity contribution in [3.05, 3.63) is 29.3 Å². The first-order valence-electron chi connectivity index (χ1n) is 10.5. The highest BCUT2D eigenvalue weighted by Crippen LogP contribution is 2.30. The van der Waals surface area contributed by atoms with Gasteiger partial charge in [-0.25, -0.2) is 4.79 Å². The summed E-state index contributed by atoms with van der Waals surface area (Å²) < 4.78 is 0. The minimum atomic E-state index is -0.0812. The van der Waals surface area contributed by atoms with E-state index in [0.29, 0.717) is 0 Å². The fourth-order valence-corrected chi connectivity index (χ4v) is 4.33. The molecule has 1 heterocycles. The first kappa shape index (κ1) is 19.7. The number of anilines is 1. The van der Waals surface area contributed by atoms with Crippen molar-refractivity contribution in [1.82, 2.24) is 10.2 Å². The molecular formula is C22H33N3O2. The summed E-state index contributed by atoms with van der Waals surface area (Å²) >= 11 is 0. The summed E-state index contributed by atoms with van der Waals surface area (Å²) in [4.78, 5) is 27.8. The van der Waals surface area contributed by atoms with E-state index in [1.165, 1.54) is 11.1 Å². The van der Waals surface area contributed by atoms with E-state index in [1.807, 2.05) is 23.1 Å². The van der Waals surface area contributed by atoms with Crippen molar-refractivity contribution in [1.29, 1.82) is 0 Å². The quantitative estimate of drug-likeness (QED) is 0.769. The number of urea groups is 1. The third-order valence-electron chi connectivity index (χ3n) is 6.11. The Morgan fingerprint density at radius 2 is 1.81 bits per heavy atom. The van der Waals surface area contributed by atoms with Crippen LogP contribution in [0.4, 0.5) is 10.5 Å². The molecule has 1 aliphatic heterocycles. The molecule has 1 saturated carbocycles. The Balaban J connectivity index is 1.79. The molecule has 27 heavy (non-hydrogen) atoms. The molecule has 5 heteroatoms. The van der Waals surface area contributed by atoms with Gasteiger partial charge in [-0.2, -0.15) is 0 Å². The van der Waals surface area contributed by atoms with Crippen LogP contribution < -0.4 is 10.6 Å². The Labute approximate surface area is 162 Å². The summed E-state index contributed by atoms with van der Waals surface area (Å²) in [5.74, 6) is 0.0490. The lowest BCUT2D eigenvalue weighted by Gasteiger charge is -2.39. The van der Waals surface area contributed by atoms with E-state index in [2.05, 4.69) is 24.5 Å². The summed E-state index contributed by atoms with van der Waals surface area (Å²) in [7, 11) is 0. The zero-order valence-corrected chi connectivity index (χ0v) is 16.7. The maximum Gasteiger partial charge on any atom is 0.322 e. The van der Waals surface area contributed by atoms with Crippen LogP contribution >= 0.6 is 0 Å². The smallest absolute Gasteiger partial charge is 0.322 e. The van der Waals surface area contributed by atoms with Gasteiger partial charge in [0, 0.05) is 24.8 Å². The Morgan fingerprint density at radius 1 is 1.04 bits per heavy atom. The van der Waals surface area contributed by atoms with Gasteiger partial charge >= 0.3 is 6.03 Å². The molecule has 148 valence electrons. The minimum Gasteiger partial charge on any atom is -0.356 e. The number of carbonyl (C=O) groups is 2. The third kappa shape index (κ3) is 5.02. The molecule has 2 N–H and O–H groups in total. The molecular weight excluding hydrogens is 338 g/mol. The first-order valence-corrected chi connectivity index (χ1v) is 10.5. The maximum atomic E-state index is 13.2. The van der Waals surface area contributed by atoms with Crippen LogP contribution in [0, 0.1) is 19.8 Å². The topological polar surface area (TPSA) is 61.4 Å². The molecule has 3 rings (SSSR count). The summed E-state index contributed by atoms with van der Waals surface area (Å²) in [6, 6.07) is 5.95. The Hall–Kier alpha value is -2.04. The van der Waals surface area contributed by atoms with Crippen molar-refractivity contribution in [2.75, 3.05) is 18.4 Å². The van der Waals surface area contributed by atoms with Crippen LogP contribution in [0.2, 0.25) is 0 Å². The number of rotatable bonds is 1. The average Bonchev–Trinajstić information content (AvgIpc) is 2.69. The van der Waals surface area contributed by atoms with Crippen molar-refractivity contribution >= 4 is 17.6 Å². The van der Waals surface area contributed by atoms with E-state index >= 15 is 0 Å². The highest BCUT2D eigenvalue weighted by atomic mass is 16.2. The summed E-state index contributed by atoms with van der Waals surface area (Å²) in [5, 5.41) is 6.19. The van der Waals surface area contributed by atoms with Gasteiger partial charge in [-0.3, -0.25) is 4.79 Å². The van der Waals surface area contributed by atoms with Gasteiger partial charge < -0.3 is 15.5 Å². The Morgan fingerprint density at radius 3 is 2.63 bits per heavy atom. The molecule has 1 saturated heterocycles. The van der Waals surface area contributed by atoms with Crippen molar-refractivity contribution in [2.24, 2.45) is 5.92 Å². The molecule has 2 fully saturated rings. The van der Waals surface area contributed by atoms with E-state index in [9.17, 15) is 9.59 Å². The molecule has 1 aromatic carbocycles. The number of carbonyl (C=O) groups excluding carboxylic acids is 2. The fraction of sp³-hybridized carbons (Fsp3) is 0.636. The lowest BCUT2D eigenvalue weighted by Crippen LogP contribution is -2.52. The highest BCUT2D eigenvalue weighted by molar-refractivity contribution is 5.90. The molecule has 0 unspecified atom stereocenters. The van der Waals surface area contributed by atoms with Crippen molar-refractivity contribution < 1.29 is 9.59 Å². The summed E-state index contributed by atoms with van der Waals surface area (Å²) in [6.07, 6.45) is 8.17. The van der Waals surface area contributed by atoms with Crippen LogP contribution in [0.3, 0.4) is 0 Å². The molecule has 5 nitrogen and oxygen atoms in total. The molecule has 1 aliphatic carbocycles. The second kappa shape index (κ2) is 9.25. The van der Waals surface area contributed by atoms with Gasteiger partial charge in [-0.05, 0) is 62.8 Å². The zero-order valence-electron chi connectivity index (χ0n) is 16.7. The highest BCUT2D eigenvalue weighted by Gasteiger charge is 2.37. The van der Waals surface area contributed by atoms with Crippen LogP contribution in [-0.2, 0) is 4.79 Å². The second-order valence-corrected chi connectivity index (χ2v) is 8.09. The maximum absolute atomic E-state index is 13.2. The van der Waals surface area contributed by atoms with E-state index in [0.717, 1.165) is 70.1 Å². The number of nitrogens with zero attached hydrogens (tertiary/aromatic N) is 1. The number of hydrogen-bond acceptors (Lipinski definition) is 2. The predicted molar refractivity (Wildman–Crippen MR) is 109 cm³/mol. The van der Waals surface area contributed by atoms with Gasteiger partial charge in [0.15, 0.2) is 0 Å². The first-order chi connectivity index (χ1) is 13.1. The molecule has 0 spiro atoms. The predicted octanol–water partition coefficient (Wildman–Crippen LogP) is 4.39. The summed E-state index contributed by atoms with van der Waals surface area (Å²) in [5.41, 5.74) is 3.21. The van der Waals surface area contributed by atoms with Crippen molar-refractivity contribution in [2.45, 2.75) is 71.3 Å². The van der Waals surface area contributed by atoms with Crippen LogP contribution in [0.1, 0.15) is 62.5 Å². The van der Waals surface area contributed by atoms with E-state index in [4.69, 9.17) is 0 Å². The number of benzene rings is 1. The molecule has 1 aromatic rings. The lowest BCUT2D eigenvalue weighted by atomic mass is 9.82. The molecule has 0 aromatic heterocycles. The van der Waals surface area contributed by atoms with E-state index < -0.39 is 0 Å². The number of aryl methyl sites for hydroxylation is 2. The van der Waals surface area contributed by atoms with Gasteiger partial charge in [-0.15, -0.1) is 0 Å². The molecule has 2 aliphatic rings. The molecule has 2 atom stereocenters. The Kier molecular flexibility index (Phi) is 6.75. The third-order valence-corrected chi connectivity index (χ3v) is 6.11. The van der Waals surface area contributed by atoms with Crippen LogP contribution in [0.15, 0.2) is 18.2 Å². The number of nitrogens with one attached hydrogen (secondary N) is 2. The largest absolute Gasteiger partial charge is 0.356 e. The fourth-order valence-electron chi connectivity index (χ4n) is 4.33. The number of hydrogen-bond donors (Lipinski definition) is 2. The van der Waals surface area contributed by atoms with Gasteiger partial charge in [0.2, 0.25) is 5.91 Å². The molecule has 0 radical (unpaired) electrons. The van der Waals surface area contributed by atoms with Crippen LogP contribution in [0.25, 0.3) is 0 Å². The van der Waals surface area contributed by atoms with E-state index in [1.54, 1.807) is 0 Å². The molecule has 0 bridgehead atoms. The average molecular weight is 372 g/mol.